The number of anilines is 1. The Morgan fingerprint density at radius 3 is 2.82 bits per heavy atom. The SMILES string of the molecule is CC[NH+]([O-])C1=CC(c2ccc(C(=O)Nc3ccc(-c4nc5ccccc5o4)c(O)c3)o2)=CCC1. The van der Waals surface area contributed by atoms with Crippen LogP contribution in [0.5, 0.6) is 5.75 Å². The Kier molecular flexibility index (Phi) is 5.75. The largest absolute Gasteiger partial charge is 0.629 e. The highest BCUT2D eigenvalue weighted by Gasteiger charge is 2.18. The van der Waals surface area contributed by atoms with Crippen molar-refractivity contribution in [2.75, 3.05) is 11.9 Å². The number of carbonyl (C=O) groups excluding carboxylic acids is 1. The number of benzene rings is 2. The van der Waals surface area contributed by atoms with E-state index in [-0.39, 0.29) is 16.6 Å². The number of fused-ring (bicyclic) bond motifs is 1. The lowest BCUT2D eigenvalue weighted by Crippen LogP contribution is -3.04. The lowest BCUT2D eigenvalue weighted by atomic mass is 10.0. The number of hydrogen-bond acceptors (Lipinski definition) is 6. The van der Waals surface area contributed by atoms with E-state index in [2.05, 4.69) is 10.3 Å². The van der Waals surface area contributed by atoms with Crippen LogP contribution in [-0.2, 0) is 0 Å². The van der Waals surface area contributed by atoms with E-state index in [1.807, 2.05) is 37.3 Å². The average Bonchev–Trinajstić information content (AvgIpc) is 3.51. The van der Waals surface area contributed by atoms with E-state index in [1.54, 1.807) is 30.3 Å². The number of para-hydroxylation sites is 2. The van der Waals surface area contributed by atoms with Gasteiger partial charge in [0.05, 0.1) is 12.1 Å². The molecule has 1 atom stereocenters. The van der Waals surface area contributed by atoms with E-state index in [9.17, 15) is 15.1 Å². The van der Waals surface area contributed by atoms with E-state index >= 15 is 0 Å². The van der Waals surface area contributed by atoms with Gasteiger partial charge in [0, 0.05) is 29.8 Å². The molecule has 1 unspecified atom stereocenters. The molecule has 5 rings (SSSR count). The van der Waals surface area contributed by atoms with Gasteiger partial charge in [-0.1, -0.05) is 18.2 Å². The van der Waals surface area contributed by atoms with E-state index in [0.29, 0.717) is 47.0 Å². The summed E-state index contributed by atoms with van der Waals surface area (Å²) in [4.78, 5) is 17.1. The van der Waals surface area contributed by atoms with Crippen molar-refractivity contribution in [3.63, 3.8) is 0 Å². The molecule has 0 bridgehead atoms. The molecule has 8 nitrogen and oxygen atoms in total. The molecule has 2 heterocycles. The van der Waals surface area contributed by atoms with Crippen LogP contribution in [0.4, 0.5) is 5.69 Å². The summed E-state index contributed by atoms with van der Waals surface area (Å²) in [5.74, 6) is 0.420. The van der Waals surface area contributed by atoms with Crippen LogP contribution >= 0.6 is 0 Å². The molecule has 4 aromatic rings. The van der Waals surface area contributed by atoms with Crippen LogP contribution in [0.25, 0.3) is 28.1 Å². The summed E-state index contributed by atoms with van der Waals surface area (Å²) in [7, 11) is 0. The highest BCUT2D eigenvalue weighted by atomic mass is 16.5. The number of hydroxylamine groups is 2. The number of nitrogens with zero attached hydrogens (tertiary/aromatic N) is 1. The quantitative estimate of drug-likeness (QED) is 0.367. The fourth-order valence-corrected chi connectivity index (χ4v) is 3.91. The van der Waals surface area contributed by atoms with Crippen molar-refractivity contribution in [2.45, 2.75) is 19.8 Å². The van der Waals surface area contributed by atoms with Gasteiger partial charge in [-0.15, -0.1) is 0 Å². The second kappa shape index (κ2) is 9.01. The molecule has 0 radical (unpaired) electrons. The van der Waals surface area contributed by atoms with Crippen molar-refractivity contribution >= 4 is 28.3 Å². The minimum absolute atomic E-state index is 0.0740. The van der Waals surface area contributed by atoms with Gasteiger partial charge in [0.25, 0.3) is 5.91 Å². The number of nitrogens with one attached hydrogen (secondary N) is 2. The van der Waals surface area contributed by atoms with Gasteiger partial charge in [0.1, 0.15) is 22.7 Å². The van der Waals surface area contributed by atoms with E-state index < -0.39 is 5.91 Å². The highest BCUT2D eigenvalue weighted by molar-refractivity contribution is 6.02. The normalized spacial score (nSPS) is 14.5. The summed E-state index contributed by atoms with van der Waals surface area (Å²) < 4.78 is 11.5. The molecule has 34 heavy (non-hydrogen) atoms. The lowest BCUT2D eigenvalue weighted by molar-refractivity contribution is -0.805. The monoisotopic (exact) mass is 457 g/mol. The first kappa shape index (κ1) is 21.7. The fraction of sp³-hybridized carbons (Fsp3) is 0.154. The molecular formula is C26H23N3O5. The third-order valence-corrected chi connectivity index (χ3v) is 5.68. The van der Waals surface area contributed by atoms with E-state index in [0.717, 1.165) is 17.7 Å². The van der Waals surface area contributed by atoms with Gasteiger partial charge in [-0.05, 0) is 49.7 Å². The predicted molar refractivity (Wildman–Crippen MR) is 128 cm³/mol. The Bertz CT molecular complexity index is 1400. The van der Waals surface area contributed by atoms with Crippen LogP contribution in [0, 0.1) is 5.21 Å². The van der Waals surface area contributed by atoms with Crippen molar-refractivity contribution in [3.8, 4) is 17.2 Å². The zero-order valence-corrected chi connectivity index (χ0v) is 18.5. The molecular weight excluding hydrogens is 434 g/mol. The maximum atomic E-state index is 12.7. The van der Waals surface area contributed by atoms with Crippen molar-refractivity contribution in [3.05, 3.63) is 89.2 Å². The number of furan rings is 1. The molecule has 0 saturated carbocycles. The summed E-state index contributed by atoms with van der Waals surface area (Å²) in [5, 5.41) is 25.4. The second-order valence-electron chi connectivity index (χ2n) is 7.98. The van der Waals surface area contributed by atoms with E-state index in [4.69, 9.17) is 8.83 Å². The van der Waals surface area contributed by atoms with Gasteiger partial charge in [-0.25, -0.2) is 4.98 Å². The van der Waals surface area contributed by atoms with Gasteiger partial charge < -0.3 is 29.5 Å². The first-order valence-electron chi connectivity index (χ1n) is 11.1. The van der Waals surface area contributed by atoms with Gasteiger partial charge >= 0.3 is 0 Å². The standard InChI is InChI=1S/C26H23N3O5/c1-2-29(32)18-7-5-6-16(14-18)22-12-13-24(33-22)25(31)27-17-10-11-19(21(30)15-17)26-28-20-8-3-4-9-23(20)34-26/h3-4,6,8-15,29-30H,2,5,7H2,1H3,(H,27,31). The summed E-state index contributed by atoms with van der Waals surface area (Å²) >= 11 is 0. The minimum atomic E-state index is -0.453. The molecule has 1 aliphatic rings. The van der Waals surface area contributed by atoms with Crippen LogP contribution in [0.1, 0.15) is 36.1 Å². The third kappa shape index (κ3) is 4.24. The number of oxazole rings is 1. The van der Waals surface area contributed by atoms with Crippen LogP contribution < -0.4 is 10.4 Å². The number of carbonyl (C=O) groups is 1. The summed E-state index contributed by atoms with van der Waals surface area (Å²) in [5.41, 5.74) is 3.70. The van der Waals surface area contributed by atoms with Crippen molar-refractivity contribution in [1.82, 2.24) is 4.98 Å². The Hall–Kier alpha value is -4.14. The Labute approximate surface area is 195 Å². The molecule has 3 N–H and O–H groups in total. The van der Waals surface area contributed by atoms with Gasteiger partial charge in [-0.3, -0.25) is 4.79 Å². The number of phenols is 1. The fourth-order valence-electron chi connectivity index (χ4n) is 3.91. The third-order valence-electron chi connectivity index (χ3n) is 5.68. The Morgan fingerprint density at radius 1 is 1.18 bits per heavy atom. The predicted octanol–water partition coefficient (Wildman–Crippen LogP) is 4.51. The van der Waals surface area contributed by atoms with Gasteiger partial charge in [-0.2, -0.15) is 0 Å². The summed E-state index contributed by atoms with van der Waals surface area (Å²) in [6.07, 6.45) is 5.29. The molecule has 0 saturated heterocycles. The van der Waals surface area contributed by atoms with Crippen LogP contribution in [-0.4, -0.2) is 22.5 Å². The number of allylic oxidation sites excluding steroid dienone is 4. The smallest absolute Gasteiger partial charge is 0.291 e. The minimum Gasteiger partial charge on any atom is -0.629 e. The Morgan fingerprint density at radius 2 is 2.03 bits per heavy atom. The number of quaternary nitrogens is 1. The van der Waals surface area contributed by atoms with Crippen molar-refractivity contribution < 1.29 is 23.8 Å². The molecule has 2 aromatic heterocycles. The molecule has 8 heteroatoms. The maximum absolute atomic E-state index is 12.7. The number of hydrogen-bond donors (Lipinski definition) is 3. The van der Waals surface area contributed by atoms with Crippen molar-refractivity contribution in [1.29, 1.82) is 0 Å². The Balaban J connectivity index is 1.31. The van der Waals surface area contributed by atoms with Crippen LogP contribution in [0.3, 0.4) is 0 Å². The molecule has 1 amide bonds. The first-order chi connectivity index (χ1) is 16.5. The average molecular weight is 457 g/mol. The number of aromatic nitrogens is 1. The van der Waals surface area contributed by atoms with Crippen LogP contribution in [0.2, 0.25) is 0 Å². The first-order valence-corrected chi connectivity index (χ1v) is 11.1. The molecule has 172 valence electrons. The molecule has 0 aliphatic heterocycles. The molecule has 1 aliphatic carbocycles. The summed E-state index contributed by atoms with van der Waals surface area (Å²) in [6.45, 7) is 2.30. The molecule has 0 spiro atoms. The topological polar surface area (TPSA) is 116 Å². The highest BCUT2D eigenvalue weighted by Crippen LogP contribution is 2.33. The van der Waals surface area contributed by atoms with E-state index in [1.165, 1.54) is 6.07 Å². The zero-order valence-electron chi connectivity index (χ0n) is 18.5. The lowest BCUT2D eigenvalue weighted by Gasteiger charge is -2.24. The zero-order chi connectivity index (χ0) is 23.7. The van der Waals surface area contributed by atoms with Crippen LogP contribution in [0.15, 0.2) is 81.3 Å². The van der Waals surface area contributed by atoms with Gasteiger partial charge in [0.2, 0.25) is 5.89 Å². The number of aromatic hydroxyl groups is 1. The number of rotatable bonds is 6. The van der Waals surface area contributed by atoms with Gasteiger partial charge in [0.15, 0.2) is 11.3 Å². The number of phenolic OH excluding ortho intramolecular Hbond substituents is 1. The maximum Gasteiger partial charge on any atom is 0.291 e. The molecule has 2 aromatic carbocycles. The number of amides is 1. The second-order valence-corrected chi connectivity index (χ2v) is 7.98. The summed E-state index contributed by atoms with van der Waals surface area (Å²) in [6, 6.07) is 15.4. The molecule has 0 fully saturated rings. The van der Waals surface area contributed by atoms with Crippen molar-refractivity contribution in [2.24, 2.45) is 0 Å².